The van der Waals surface area contributed by atoms with E-state index in [4.69, 9.17) is 0 Å². The molecule has 0 bridgehead atoms. The second kappa shape index (κ2) is 8.97. The Morgan fingerprint density at radius 2 is 1.55 bits per heavy atom. The average molecular weight is 389 g/mol. The van der Waals surface area contributed by atoms with Gasteiger partial charge in [0.05, 0.1) is 0 Å². The van der Waals surface area contributed by atoms with Crippen molar-refractivity contribution in [3.05, 3.63) is 72.1 Å². The van der Waals surface area contributed by atoms with E-state index in [0.717, 1.165) is 5.69 Å². The van der Waals surface area contributed by atoms with Gasteiger partial charge in [-0.05, 0) is 56.3 Å². The number of hydrogen-bond donors (Lipinski definition) is 2. The lowest BCUT2D eigenvalue weighted by atomic mass is 10.2. The van der Waals surface area contributed by atoms with Crippen LogP contribution in [0, 0.1) is 6.92 Å². The summed E-state index contributed by atoms with van der Waals surface area (Å²) in [6.45, 7) is 5.96. The maximum Gasteiger partial charge on any atom is 0.274 e. The maximum atomic E-state index is 12.7. The highest BCUT2D eigenvalue weighted by molar-refractivity contribution is 6.03. The molecular weight excluding hydrogens is 366 g/mol. The van der Waals surface area contributed by atoms with Crippen molar-refractivity contribution in [1.29, 1.82) is 0 Å². The summed E-state index contributed by atoms with van der Waals surface area (Å²) in [5.74, 6) is 0.00247. The molecule has 7 nitrogen and oxygen atoms in total. The van der Waals surface area contributed by atoms with E-state index in [1.165, 1.54) is 6.92 Å². The molecular formula is C22H23N5O2. The number of aryl methyl sites for hydroxylation is 1. The van der Waals surface area contributed by atoms with Crippen molar-refractivity contribution in [2.45, 2.75) is 20.8 Å². The normalized spacial score (nSPS) is 10.3. The summed E-state index contributed by atoms with van der Waals surface area (Å²) >= 11 is 0. The Hall–Kier alpha value is -3.74. The highest BCUT2D eigenvalue weighted by Gasteiger charge is 2.16. The summed E-state index contributed by atoms with van der Waals surface area (Å²) in [7, 11) is 0. The molecule has 0 spiro atoms. The van der Waals surface area contributed by atoms with Crippen LogP contribution in [0.5, 0.6) is 0 Å². The largest absolute Gasteiger partial charge is 0.326 e. The zero-order valence-electron chi connectivity index (χ0n) is 16.6. The fraction of sp³-hybridized carbons (Fsp3) is 0.182. The van der Waals surface area contributed by atoms with Crippen LogP contribution in [0.25, 0.3) is 0 Å². The predicted octanol–water partition coefficient (Wildman–Crippen LogP) is 4.15. The molecule has 0 aliphatic carbocycles. The summed E-state index contributed by atoms with van der Waals surface area (Å²) in [5.41, 5.74) is 3.22. The number of amides is 2. The van der Waals surface area contributed by atoms with Gasteiger partial charge in [0.15, 0.2) is 0 Å². The molecule has 2 aromatic carbocycles. The standard InChI is InChI=1S/C22H23N5O2/c1-4-27(19-8-6-5-7-9-19)22-23-15(2)14-20(26-22)21(29)25-18-12-10-17(11-13-18)24-16(3)28/h5-14H,4H2,1-3H3,(H,24,28)(H,25,29). The maximum absolute atomic E-state index is 12.7. The smallest absolute Gasteiger partial charge is 0.274 e. The van der Waals surface area contributed by atoms with E-state index >= 15 is 0 Å². The number of nitrogens with one attached hydrogen (secondary N) is 2. The van der Waals surface area contributed by atoms with E-state index < -0.39 is 0 Å². The predicted molar refractivity (Wildman–Crippen MR) is 115 cm³/mol. The summed E-state index contributed by atoms with van der Waals surface area (Å²) in [6.07, 6.45) is 0. The molecule has 2 amide bonds. The molecule has 0 unspecified atom stereocenters. The van der Waals surface area contributed by atoms with Gasteiger partial charge in [-0.2, -0.15) is 0 Å². The third-order valence-electron chi connectivity index (χ3n) is 4.16. The molecule has 0 saturated carbocycles. The Balaban J connectivity index is 1.81. The highest BCUT2D eigenvalue weighted by Crippen LogP contribution is 2.22. The minimum atomic E-state index is -0.326. The Kier molecular flexibility index (Phi) is 6.19. The van der Waals surface area contributed by atoms with Gasteiger partial charge < -0.3 is 15.5 Å². The monoisotopic (exact) mass is 389 g/mol. The first-order valence-corrected chi connectivity index (χ1v) is 9.33. The van der Waals surface area contributed by atoms with Gasteiger partial charge in [0.25, 0.3) is 5.91 Å². The molecule has 1 heterocycles. The Labute approximate surface area is 169 Å². The second-order valence-electron chi connectivity index (χ2n) is 6.49. The van der Waals surface area contributed by atoms with Crippen molar-refractivity contribution in [2.24, 2.45) is 0 Å². The van der Waals surface area contributed by atoms with Gasteiger partial charge in [-0.25, -0.2) is 9.97 Å². The molecule has 0 saturated heterocycles. The van der Waals surface area contributed by atoms with Crippen molar-refractivity contribution in [3.8, 4) is 0 Å². The molecule has 1 aromatic heterocycles. The SMILES string of the molecule is CCN(c1ccccc1)c1nc(C)cc(C(=O)Nc2ccc(NC(C)=O)cc2)n1. The van der Waals surface area contributed by atoms with Crippen molar-refractivity contribution in [1.82, 2.24) is 9.97 Å². The van der Waals surface area contributed by atoms with Crippen molar-refractivity contribution < 1.29 is 9.59 Å². The first-order chi connectivity index (χ1) is 14.0. The van der Waals surface area contributed by atoms with Gasteiger partial charge in [-0.15, -0.1) is 0 Å². The van der Waals surface area contributed by atoms with Crippen LogP contribution in [-0.4, -0.2) is 28.3 Å². The number of hydrogen-bond acceptors (Lipinski definition) is 5. The van der Waals surface area contributed by atoms with Crippen molar-refractivity contribution in [3.63, 3.8) is 0 Å². The van der Waals surface area contributed by atoms with Crippen LogP contribution in [0.4, 0.5) is 23.0 Å². The van der Waals surface area contributed by atoms with Crippen LogP contribution >= 0.6 is 0 Å². The van der Waals surface area contributed by atoms with E-state index in [1.807, 2.05) is 49.1 Å². The Bertz CT molecular complexity index is 1000. The quantitative estimate of drug-likeness (QED) is 0.661. The van der Waals surface area contributed by atoms with Gasteiger partial charge in [-0.3, -0.25) is 9.59 Å². The molecule has 0 atom stereocenters. The molecule has 0 aliphatic heterocycles. The van der Waals surface area contributed by atoms with Crippen LogP contribution in [0.1, 0.15) is 30.0 Å². The molecule has 3 rings (SSSR count). The third kappa shape index (κ3) is 5.16. The number of carbonyl (C=O) groups excluding carboxylic acids is 2. The first kappa shape index (κ1) is 20.0. The number of anilines is 4. The molecule has 148 valence electrons. The zero-order valence-corrected chi connectivity index (χ0v) is 16.6. The summed E-state index contributed by atoms with van der Waals surface area (Å²) in [6, 6.07) is 18.4. The van der Waals surface area contributed by atoms with Gasteiger partial charge in [0.1, 0.15) is 5.69 Å². The van der Waals surface area contributed by atoms with Crippen molar-refractivity contribution >= 4 is 34.8 Å². The van der Waals surface area contributed by atoms with Gasteiger partial charge in [-0.1, -0.05) is 18.2 Å². The summed E-state index contributed by atoms with van der Waals surface area (Å²) < 4.78 is 0. The molecule has 29 heavy (non-hydrogen) atoms. The number of carbonyl (C=O) groups is 2. The summed E-state index contributed by atoms with van der Waals surface area (Å²) in [5, 5.41) is 5.52. The number of aromatic nitrogens is 2. The first-order valence-electron chi connectivity index (χ1n) is 9.33. The third-order valence-corrected chi connectivity index (χ3v) is 4.16. The minimum absolute atomic E-state index is 0.148. The fourth-order valence-corrected chi connectivity index (χ4v) is 2.87. The summed E-state index contributed by atoms with van der Waals surface area (Å²) in [4.78, 5) is 34.8. The molecule has 0 radical (unpaired) electrons. The van der Waals surface area contributed by atoms with Crippen LogP contribution in [0.3, 0.4) is 0 Å². The lowest BCUT2D eigenvalue weighted by Crippen LogP contribution is -2.22. The van der Waals surface area contributed by atoms with Crippen LogP contribution in [0.2, 0.25) is 0 Å². The van der Waals surface area contributed by atoms with Gasteiger partial charge >= 0.3 is 0 Å². The van der Waals surface area contributed by atoms with E-state index in [9.17, 15) is 9.59 Å². The lowest BCUT2D eigenvalue weighted by molar-refractivity contribution is -0.114. The van der Waals surface area contributed by atoms with Crippen LogP contribution in [0.15, 0.2) is 60.7 Å². The number of nitrogens with zero attached hydrogens (tertiary/aromatic N) is 3. The number of benzene rings is 2. The van der Waals surface area contributed by atoms with Crippen molar-refractivity contribution in [2.75, 3.05) is 22.1 Å². The van der Waals surface area contributed by atoms with Gasteiger partial charge in [0.2, 0.25) is 11.9 Å². The molecule has 7 heteroatoms. The number of rotatable bonds is 6. The fourth-order valence-electron chi connectivity index (χ4n) is 2.87. The molecule has 0 aliphatic rings. The molecule has 0 fully saturated rings. The van der Waals surface area contributed by atoms with E-state index in [1.54, 1.807) is 30.3 Å². The molecule has 2 N–H and O–H groups in total. The average Bonchev–Trinajstić information content (AvgIpc) is 2.70. The van der Waals surface area contributed by atoms with E-state index in [0.29, 0.717) is 29.6 Å². The van der Waals surface area contributed by atoms with E-state index in [2.05, 4.69) is 20.6 Å². The number of para-hydroxylation sites is 1. The van der Waals surface area contributed by atoms with E-state index in [-0.39, 0.29) is 17.5 Å². The van der Waals surface area contributed by atoms with Gasteiger partial charge in [0, 0.05) is 36.2 Å². The Morgan fingerprint density at radius 3 is 2.14 bits per heavy atom. The highest BCUT2D eigenvalue weighted by atomic mass is 16.2. The molecule has 3 aromatic rings. The Morgan fingerprint density at radius 1 is 0.931 bits per heavy atom. The topological polar surface area (TPSA) is 87.2 Å². The minimum Gasteiger partial charge on any atom is -0.326 e. The van der Waals surface area contributed by atoms with Crippen LogP contribution < -0.4 is 15.5 Å². The second-order valence-corrected chi connectivity index (χ2v) is 6.49. The van der Waals surface area contributed by atoms with Crippen LogP contribution in [-0.2, 0) is 4.79 Å². The lowest BCUT2D eigenvalue weighted by Gasteiger charge is -2.21. The zero-order chi connectivity index (χ0) is 20.8.